The monoisotopic (exact) mass is 644 g/mol. The topological polar surface area (TPSA) is 185 Å². The van der Waals surface area contributed by atoms with E-state index >= 15 is 0 Å². The van der Waals surface area contributed by atoms with Gasteiger partial charge in [0.05, 0.1) is 13.2 Å². The van der Waals surface area contributed by atoms with Gasteiger partial charge in [-0.25, -0.2) is 13.1 Å². The van der Waals surface area contributed by atoms with E-state index in [0.717, 1.165) is 66.3 Å². The van der Waals surface area contributed by atoms with E-state index < -0.39 is 52.2 Å². The molecule has 12 nitrogen and oxygen atoms in total. The first-order valence-corrected chi connectivity index (χ1v) is 16.5. The number of ether oxygens (including phenoxy) is 2. The first-order valence-electron chi connectivity index (χ1n) is 14.2. The van der Waals surface area contributed by atoms with E-state index in [1.807, 2.05) is 18.2 Å². The summed E-state index contributed by atoms with van der Waals surface area (Å²) in [5.74, 6) is 0. The highest BCUT2D eigenvalue weighted by Gasteiger charge is 2.43. The van der Waals surface area contributed by atoms with Crippen LogP contribution in [0.2, 0.25) is 0 Å². The third-order valence-corrected chi connectivity index (χ3v) is 10.6. The number of thiophene rings is 1. The molecule has 0 radical (unpaired) electrons. The second-order valence-corrected chi connectivity index (χ2v) is 13.6. The molecule has 2 aromatic carbocycles. The Balaban J connectivity index is 1.26. The van der Waals surface area contributed by atoms with Crippen LogP contribution in [0.3, 0.4) is 0 Å². The summed E-state index contributed by atoms with van der Waals surface area (Å²) >= 11 is 1.35. The first-order chi connectivity index (χ1) is 21.1. The number of nitrogens with one attached hydrogen (secondary N) is 2. The minimum Gasteiger partial charge on any atom is -0.388 e. The van der Waals surface area contributed by atoms with Gasteiger partial charge in [0.2, 0.25) is 0 Å². The number of sulfonamides is 1. The normalized spacial score (nSPS) is 25.4. The molecule has 44 heavy (non-hydrogen) atoms. The summed E-state index contributed by atoms with van der Waals surface area (Å²) in [5, 5.41) is 54.7. The third kappa shape index (κ3) is 7.30. The van der Waals surface area contributed by atoms with Crippen LogP contribution in [0.5, 0.6) is 0 Å². The Hall–Kier alpha value is -2.94. The molecule has 2 aliphatic heterocycles. The predicted molar refractivity (Wildman–Crippen MR) is 167 cm³/mol. The summed E-state index contributed by atoms with van der Waals surface area (Å²) in [6.07, 6.45) is -8.28. The predicted octanol–water partition coefficient (Wildman–Crippen LogP) is 1.29. The standard InChI is InChI=1S/C30H36N4O8S2/c1-18(26(16-31)44(39,40)33-17-23-27(35)28(36)29(37)30(38)42-23)24-6-7-25(43-24)21-3-2-20-15-22(5-4-19(20)14-21)32-8-9-34-10-12-41-13-11-34/h2-7,14-15,23,27-30,32-33,35-38H,8-13,17H2,1H3/b26-18+/t23-,27-,28+,29-,30?/m1/s1. The third-order valence-electron chi connectivity index (χ3n) is 7.83. The molecule has 1 aromatic heterocycles. The zero-order valence-corrected chi connectivity index (χ0v) is 25.7. The summed E-state index contributed by atoms with van der Waals surface area (Å²) in [7, 11) is -4.35. The maximum atomic E-state index is 13.0. The van der Waals surface area contributed by atoms with Crippen molar-refractivity contribution in [2.45, 2.75) is 37.6 Å². The van der Waals surface area contributed by atoms with Gasteiger partial charge in [0.15, 0.2) is 11.2 Å². The van der Waals surface area contributed by atoms with Gasteiger partial charge in [0, 0.05) is 48.2 Å². The fourth-order valence-electron chi connectivity index (χ4n) is 5.21. The Morgan fingerprint density at radius 1 is 1.02 bits per heavy atom. The number of benzene rings is 2. The second-order valence-electron chi connectivity index (χ2n) is 10.8. The van der Waals surface area contributed by atoms with Crippen LogP contribution in [-0.2, 0) is 19.5 Å². The van der Waals surface area contributed by atoms with E-state index in [4.69, 9.17) is 9.47 Å². The quantitative estimate of drug-likeness (QED) is 0.175. The van der Waals surface area contributed by atoms with Crippen LogP contribution in [-0.4, -0.2) is 110 Å². The number of allylic oxidation sites excluding steroid dienone is 2. The molecule has 0 spiro atoms. The molecule has 2 aliphatic rings. The Morgan fingerprint density at radius 3 is 2.50 bits per heavy atom. The molecule has 6 N–H and O–H groups in total. The van der Waals surface area contributed by atoms with Gasteiger partial charge in [-0.05, 0) is 59.2 Å². The van der Waals surface area contributed by atoms with E-state index in [0.29, 0.717) is 4.88 Å². The van der Waals surface area contributed by atoms with Crippen molar-refractivity contribution in [2.24, 2.45) is 0 Å². The zero-order chi connectivity index (χ0) is 31.4. The lowest BCUT2D eigenvalue weighted by Gasteiger charge is -2.38. The minimum atomic E-state index is -4.35. The number of morpholine rings is 1. The molecule has 2 saturated heterocycles. The Kier molecular flexibility index (Phi) is 10.3. The molecular formula is C30H36N4O8S2. The average Bonchev–Trinajstić information content (AvgIpc) is 3.52. The van der Waals surface area contributed by atoms with Crippen molar-refractivity contribution in [3.05, 3.63) is 58.3 Å². The van der Waals surface area contributed by atoms with Crippen LogP contribution >= 0.6 is 11.3 Å². The summed E-state index contributed by atoms with van der Waals surface area (Å²) in [4.78, 5) is 3.36. The average molecular weight is 645 g/mol. The fourth-order valence-corrected chi connectivity index (χ4v) is 7.44. The van der Waals surface area contributed by atoms with E-state index in [1.165, 1.54) is 18.3 Å². The summed E-state index contributed by atoms with van der Waals surface area (Å²) in [5.41, 5.74) is 2.24. The zero-order valence-electron chi connectivity index (χ0n) is 24.1. The smallest absolute Gasteiger partial charge is 0.251 e. The van der Waals surface area contributed by atoms with Crippen LogP contribution < -0.4 is 10.0 Å². The molecule has 3 aromatic rings. The van der Waals surface area contributed by atoms with Crippen molar-refractivity contribution in [3.8, 4) is 16.5 Å². The number of fused-ring (bicyclic) bond motifs is 1. The SMILES string of the molecule is C/C(=C(/C#N)S(=O)(=O)NC[C@H]1OC(O)[C@H](O)[C@@H](O)[C@@H]1O)c1ccc(-c2ccc3cc(NCCN4CCOCC4)ccc3c2)s1. The van der Waals surface area contributed by atoms with Crippen LogP contribution in [0.4, 0.5) is 5.69 Å². The van der Waals surface area contributed by atoms with E-state index in [1.54, 1.807) is 12.1 Å². The molecule has 0 saturated carbocycles. The molecule has 5 rings (SSSR count). The van der Waals surface area contributed by atoms with Gasteiger partial charge in [0.25, 0.3) is 10.0 Å². The first kappa shape index (κ1) is 32.5. The lowest BCUT2D eigenvalue weighted by molar-refractivity contribution is -0.279. The second kappa shape index (κ2) is 14.0. The van der Waals surface area contributed by atoms with Crippen LogP contribution in [0.25, 0.3) is 26.8 Å². The van der Waals surface area contributed by atoms with Crippen LogP contribution in [0.1, 0.15) is 11.8 Å². The Bertz CT molecular complexity index is 1650. The molecule has 0 aliphatic carbocycles. The lowest BCUT2D eigenvalue weighted by Crippen LogP contribution is -2.59. The summed E-state index contributed by atoms with van der Waals surface area (Å²) in [6.45, 7) is 6.27. The van der Waals surface area contributed by atoms with Crippen molar-refractivity contribution in [3.63, 3.8) is 0 Å². The highest BCUT2D eigenvalue weighted by molar-refractivity contribution is 7.93. The maximum absolute atomic E-state index is 13.0. The van der Waals surface area contributed by atoms with Crippen molar-refractivity contribution < 1.29 is 38.3 Å². The number of rotatable bonds is 10. The largest absolute Gasteiger partial charge is 0.388 e. The fraction of sp³-hybridized carbons (Fsp3) is 0.433. The number of aliphatic hydroxyl groups is 4. The van der Waals surface area contributed by atoms with Crippen molar-refractivity contribution >= 4 is 43.4 Å². The molecule has 14 heteroatoms. The summed E-state index contributed by atoms with van der Waals surface area (Å²) in [6, 6.07) is 17.7. The van der Waals surface area contributed by atoms with Gasteiger partial charge >= 0.3 is 0 Å². The number of hydrogen-bond donors (Lipinski definition) is 6. The van der Waals surface area contributed by atoms with Gasteiger partial charge in [0.1, 0.15) is 30.5 Å². The van der Waals surface area contributed by atoms with Gasteiger partial charge in [-0.15, -0.1) is 11.3 Å². The Labute approximate surface area is 259 Å². The summed E-state index contributed by atoms with van der Waals surface area (Å²) < 4.78 is 38.7. The molecule has 3 heterocycles. The van der Waals surface area contributed by atoms with Gasteiger partial charge in [-0.1, -0.05) is 18.2 Å². The number of nitriles is 1. The molecule has 236 valence electrons. The highest BCUT2D eigenvalue weighted by atomic mass is 32.2. The van der Waals surface area contributed by atoms with Crippen molar-refractivity contribution in [1.82, 2.24) is 9.62 Å². The van der Waals surface area contributed by atoms with Gasteiger partial charge in [-0.2, -0.15) is 5.26 Å². The number of nitrogens with zero attached hydrogens (tertiary/aromatic N) is 2. The van der Waals surface area contributed by atoms with E-state index in [9.17, 15) is 34.1 Å². The Morgan fingerprint density at radius 2 is 1.75 bits per heavy atom. The number of anilines is 1. The van der Waals surface area contributed by atoms with Crippen molar-refractivity contribution in [2.75, 3.05) is 51.3 Å². The lowest BCUT2D eigenvalue weighted by atomic mass is 9.99. The van der Waals surface area contributed by atoms with Gasteiger partial charge in [-0.3, -0.25) is 4.90 Å². The van der Waals surface area contributed by atoms with Crippen LogP contribution in [0.15, 0.2) is 53.4 Å². The van der Waals surface area contributed by atoms with Crippen LogP contribution in [0, 0.1) is 11.3 Å². The van der Waals surface area contributed by atoms with Gasteiger partial charge < -0.3 is 35.2 Å². The number of aliphatic hydroxyl groups excluding tert-OH is 4. The minimum absolute atomic E-state index is 0.241. The van der Waals surface area contributed by atoms with E-state index in [-0.39, 0.29) is 5.57 Å². The maximum Gasteiger partial charge on any atom is 0.251 e. The van der Waals surface area contributed by atoms with Crippen molar-refractivity contribution in [1.29, 1.82) is 5.26 Å². The highest BCUT2D eigenvalue weighted by Crippen LogP contribution is 2.35. The van der Waals surface area contributed by atoms with E-state index in [2.05, 4.69) is 39.2 Å². The molecule has 5 atom stereocenters. The molecular weight excluding hydrogens is 608 g/mol. The molecule has 1 unspecified atom stereocenters. The number of hydrogen-bond acceptors (Lipinski definition) is 12. The molecule has 0 bridgehead atoms. The molecule has 0 amide bonds. The molecule has 2 fully saturated rings.